The van der Waals surface area contributed by atoms with Gasteiger partial charge in [0.15, 0.2) is 5.82 Å². The summed E-state index contributed by atoms with van der Waals surface area (Å²) in [5, 5.41) is 7.30. The van der Waals surface area contributed by atoms with Gasteiger partial charge < -0.3 is 5.73 Å². The van der Waals surface area contributed by atoms with E-state index in [1.54, 1.807) is 24.3 Å². The van der Waals surface area contributed by atoms with E-state index in [0.29, 0.717) is 0 Å². The molecule has 0 aliphatic rings. The zero-order chi connectivity index (χ0) is 14.2. The lowest BCUT2D eigenvalue weighted by Gasteiger charge is -2.07. The minimum atomic E-state index is -3.72. The third-order valence-electron chi connectivity index (χ3n) is 2.77. The molecule has 2 rings (SSSR count). The van der Waals surface area contributed by atoms with Crippen LogP contribution in [0.1, 0.15) is 25.5 Å². The van der Waals surface area contributed by atoms with Gasteiger partial charge in [0.2, 0.25) is 14.9 Å². The van der Waals surface area contributed by atoms with Crippen LogP contribution in [0.5, 0.6) is 0 Å². The Morgan fingerprint density at radius 1 is 1.21 bits per heavy atom. The van der Waals surface area contributed by atoms with Crippen LogP contribution in [-0.2, 0) is 9.84 Å². The van der Waals surface area contributed by atoms with Gasteiger partial charge in [0.1, 0.15) is 0 Å². The highest BCUT2D eigenvalue weighted by atomic mass is 32.2. The highest BCUT2D eigenvalue weighted by molar-refractivity contribution is 7.91. The lowest BCUT2D eigenvalue weighted by Crippen LogP contribution is -2.10. The van der Waals surface area contributed by atoms with Crippen molar-refractivity contribution in [3.8, 4) is 0 Å². The summed E-state index contributed by atoms with van der Waals surface area (Å²) in [5.41, 5.74) is 6.80. The zero-order valence-corrected chi connectivity index (χ0v) is 11.8. The van der Waals surface area contributed by atoms with E-state index in [2.05, 4.69) is 10.3 Å². The molecular formula is C12H16N4O2S. The predicted molar refractivity (Wildman–Crippen MR) is 71.5 cm³/mol. The van der Waals surface area contributed by atoms with Crippen molar-refractivity contribution in [1.29, 1.82) is 0 Å². The molecule has 0 unspecified atom stereocenters. The minimum Gasteiger partial charge on any atom is -0.381 e. The molecule has 0 saturated heterocycles. The van der Waals surface area contributed by atoms with E-state index in [0.717, 1.165) is 5.56 Å². The van der Waals surface area contributed by atoms with Crippen LogP contribution >= 0.6 is 0 Å². The molecule has 0 bridgehead atoms. The Morgan fingerprint density at radius 3 is 2.26 bits per heavy atom. The number of hydrogen-bond donors (Lipinski definition) is 1. The van der Waals surface area contributed by atoms with Crippen molar-refractivity contribution in [1.82, 2.24) is 15.0 Å². The third-order valence-corrected chi connectivity index (χ3v) is 4.47. The van der Waals surface area contributed by atoms with Gasteiger partial charge in [-0.1, -0.05) is 22.9 Å². The molecule has 1 heterocycles. The van der Waals surface area contributed by atoms with Crippen LogP contribution < -0.4 is 5.73 Å². The van der Waals surface area contributed by atoms with E-state index in [1.165, 1.54) is 4.68 Å². The fraction of sp³-hybridized carbons (Fsp3) is 0.333. The SMILES string of the molecule is Cc1ccc(S(=O)(=O)c2nnn(C(C)C)c2N)cc1. The Morgan fingerprint density at radius 2 is 1.79 bits per heavy atom. The molecule has 0 amide bonds. The van der Waals surface area contributed by atoms with Crippen LogP contribution in [0, 0.1) is 6.92 Å². The van der Waals surface area contributed by atoms with E-state index in [1.807, 2.05) is 20.8 Å². The Hall–Kier alpha value is -1.89. The molecular weight excluding hydrogens is 264 g/mol. The molecule has 7 heteroatoms. The molecule has 0 atom stereocenters. The Bertz CT molecular complexity index is 687. The van der Waals surface area contributed by atoms with Gasteiger partial charge in [-0.15, -0.1) is 5.10 Å². The molecule has 102 valence electrons. The van der Waals surface area contributed by atoms with Gasteiger partial charge in [0.05, 0.1) is 10.9 Å². The number of rotatable bonds is 3. The first kappa shape index (κ1) is 13.5. The van der Waals surface area contributed by atoms with E-state index in [9.17, 15) is 8.42 Å². The second-order valence-corrected chi connectivity index (χ2v) is 6.50. The molecule has 0 aliphatic carbocycles. The van der Waals surface area contributed by atoms with Gasteiger partial charge in [-0.3, -0.25) is 0 Å². The second kappa shape index (κ2) is 4.65. The van der Waals surface area contributed by atoms with E-state index < -0.39 is 9.84 Å². The molecule has 0 aliphatic heterocycles. The lowest BCUT2D eigenvalue weighted by molar-refractivity contribution is 0.521. The Labute approximate surface area is 112 Å². The van der Waals surface area contributed by atoms with Gasteiger partial charge in [-0.2, -0.15) is 0 Å². The maximum atomic E-state index is 12.4. The minimum absolute atomic E-state index is 0.0468. The van der Waals surface area contributed by atoms with Crippen LogP contribution in [0.3, 0.4) is 0 Å². The third kappa shape index (κ3) is 2.33. The Kier molecular flexibility index (Phi) is 3.32. The van der Waals surface area contributed by atoms with Gasteiger partial charge in [-0.25, -0.2) is 13.1 Å². The number of nitrogens with two attached hydrogens (primary N) is 1. The van der Waals surface area contributed by atoms with E-state index >= 15 is 0 Å². The van der Waals surface area contributed by atoms with Crippen LogP contribution in [-0.4, -0.2) is 23.4 Å². The number of sulfone groups is 1. The summed E-state index contributed by atoms with van der Waals surface area (Å²) >= 11 is 0. The number of benzene rings is 1. The van der Waals surface area contributed by atoms with Crippen molar-refractivity contribution in [2.75, 3.05) is 5.73 Å². The maximum absolute atomic E-state index is 12.4. The summed E-state index contributed by atoms with van der Waals surface area (Å²) in [4.78, 5) is 0.167. The number of aromatic nitrogens is 3. The fourth-order valence-electron chi connectivity index (χ4n) is 1.69. The number of nitrogens with zero attached hydrogens (tertiary/aromatic N) is 3. The van der Waals surface area contributed by atoms with Gasteiger partial charge >= 0.3 is 0 Å². The summed E-state index contributed by atoms with van der Waals surface area (Å²) in [7, 11) is -3.72. The Balaban J connectivity index is 2.54. The second-order valence-electron chi connectivity index (χ2n) is 4.63. The van der Waals surface area contributed by atoms with E-state index in [-0.39, 0.29) is 21.8 Å². The van der Waals surface area contributed by atoms with Gasteiger partial charge in [0, 0.05) is 0 Å². The fourth-order valence-corrected chi connectivity index (χ4v) is 2.92. The first-order valence-corrected chi connectivity index (χ1v) is 7.34. The zero-order valence-electron chi connectivity index (χ0n) is 11.0. The number of hydrogen-bond acceptors (Lipinski definition) is 5. The molecule has 2 aromatic rings. The smallest absolute Gasteiger partial charge is 0.229 e. The number of nitrogen functional groups attached to an aromatic ring is 1. The van der Waals surface area contributed by atoms with Crippen LogP contribution in [0.15, 0.2) is 34.2 Å². The molecule has 1 aromatic carbocycles. The molecule has 0 saturated carbocycles. The van der Waals surface area contributed by atoms with Crippen molar-refractivity contribution < 1.29 is 8.42 Å². The highest BCUT2D eigenvalue weighted by Crippen LogP contribution is 2.25. The molecule has 0 fully saturated rings. The van der Waals surface area contributed by atoms with Crippen molar-refractivity contribution in [2.24, 2.45) is 0 Å². The molecule has 6 nitrogen and oxygen atoms in total. The van der Waals surface area contributed by atoms with Crippen molar-refractivity contribution in [3.05, 3.63) is 29.8 Å². The van der Waals surface area contributed by atoms with Crippen molar-refractivity contribution in [3.63, 3.8) is 0 Å². The van der Waals surface area contributed by atoms with Crippen LogP contribution in [0.2, 0.25) is 0 Å². The van der Waals surface area contributed by atoms with E-state index in [4.69, 9.17) is 5.73 Å². The molecule has 1 aromatic heterocycles. The monoisotopic (exact) mass is 280 g/mol. The van der Waals surface area contributed by atoms with Crippen LogP contribution in [0.4, 0.5) is 5.82 Å². The highest BCUT2D eigenvalue weighted by Gasteiger charge is 2.26. The van der Waals surface area contributed by atoms with Crippen LogP contribution in [0.25, 0.3) is 0 Å². The van der Waals surface area contributed by atoms with Crippen molar-refractivity contribution in [2.45, 2.75) is 36.7 Å². The standard InChI is InChI=1S/C12H16N4O2S/c1-8(2)16-11(13)12(14-15-16)19(17,18)10-6-4-9(3)5-7-10/h4-8H,13H2,1-3H3. The quantitative estimate of drug-likeness (QED) is 0.921. The first-order valence-electron chi connectivity index (χ1n) is 5.86. The molecule has 0 radical (unpaired) electrons. The lowest BCUT2D eigenvalue weighted by atomic mass is 10.2. The number of anilines is 1. The summed E-state index contributed by atoms with van der Waals surface area (Å²) in [6, 6.07) is 6.50. The number of aryl methyl sites for hydroxylation is 1. The normalized spacial score (nSPS) is 12.0. The summed E-state index contributed by atoms with van der Waals surface area (Å²) < 4.78 is 26.2. The molecule has 0 spiro atoms. The molecule has 19 heavy (non-hydrogen) atoms. The largest absolute Gasteiger partial charge is 0.381 e. The summed E-state index contributed by atoms with van der Waals surface area (Å²) in [6.07, 6.45) is 0. The van der Waals surface area contributed by atoms with Gasteiger partial charge in [-0.05, 0) is 32.9 Å². The first-order chi connectivity index (χ1) is 8.84. The predicted octanol–water partition coefficient (Wildman–Crippen LogP) is 1.58. The topological polar surface area (TPSA) is 90.9 Å². The maximum Gasteiger partial charge on any atom is 0.229 e. The summed E-state index contributed by atoms with van der Waals surface area (Å²) in [5.74, 6) is 0.0653. The van der Waals surface area contributed by atoms with Crippen molar-refractivity contribution >= 4 is 15.7 Å². The molecule has 2 N–H and O–H groups in total. The summed E-state index contributed by atoms with van der Waals surface area (Å²) in [6.45, 7) is 5.60. The van der Waals surface area contributed by atoms with Gasteiger partial charge in [0.25, 0.3) is 0 Å². The average Bonchev–Trinajstić information content (AvgIpc) is 2.72. The average molecular weight is 280 g/mol.